The first-order valence-corrected chi connectivity index (χ1v) is 9.91. The molecule has 0 aliphatic heterocycles. The van der Waals surface area contributed by atoms with Gasteiger partial charge in [0, 0.05) is 17.3 Å². The van der Waals surface area contributed by atoms with Gasteiger partial charge in [-0.1, -0.05) is 38.1 Å². The van der Waals surface area contributed by atoms with Crippen molar-refractivity contribution in [1.29, 1.82) is 0 Å². The molecule has 148 valence electrons. The van der Waals surface area contributed by atoms with Crippen LogP contribution in [-0.2, 0) is 9.59 Å². The van der Waals surface area contributed by atoms with Gasteiger partial charge in [-0.05, 0) is 61.4 Å². The van der Waals surface area contributed by atoms with Gasteiger partial charge < -0.3 is 15.4 Å². The summed E-state index contributed by atoms with van der Waals surface area (Å²) in [5.41, 5.74) is 3.45. The van der Waals surface area contributed by atoms with Crippen molar-refractivity contribution in [3.63, 3.8) is 0 Å². The first kappa shape index (κ1) is 19.9. The summed E-state index contributed by atoms with van der Waals surface area (Å²) in [6.07, 6.45) is 2.92. The van der Waals surface area contributed by atoms with Gasteiger partial charge in [0.15, 0.2) is 6.61 Å². The Hall–Kier alpha value is -2.82. The second-order valence-corrected chi connectivity index (χ2v) is 7.48. The van der Waals surface area contributed by atoms with E-state index in [9.17, 15) is 9.59 Å². The van der Waals surface area contributed by atoms with Gasteiger partial charge in [-0.3, -0.25) is 9.59 Å². The van der Waals surface area contributed by atoms with E-state index in [-0.39, 0.29) is 24.3 Å². The number of carbonyl (C=O) groups is 2. The van der Waals surface area contributed by atoms with Gasteiger partial charge in [0.1, 0.15) is 5.75 Å². The normalized spacial score (nSPS) is 14.2. The monoisotopic (exact) mass is 380 g/mol. The van der Waals surface area contributed by atoms with Crippen molar-refractivity contribution in [2.75, 3.05) is 17.2 Å². The molecule has 3 rings (SSSR count). The van der Waals surface area contributed by atoms with Gasteiger partial charge in [-0.25, -0.2) is 0 Å². The summed E-state index contributed by atoms with van der Waals surface area (Å²) in [7, 11) is 0. The minimum absolute atomic E-state index is 0.0524. The van der Waals surface area contributed by atoms with E-state index in [1.54, 1.807) is 6.07 Å². The molecule has 0 aromatic heterocycles. The van der Waals surface area contributed by atoms with Crippen molar-refractivity contribution in [3.05, 3.63) is 53.6 Å². The predicted octanol–water partition coefficient (Wildman–Crippen LogP) is 4.87. The van der Waals surface area contributed by atoms with Gasteiger partial charge in [0.05, 0.1) is 0 Å². The van der Waals surface area contributed by atoms with Gasteiger partial charge in [-0.2, -0.15) is 0 Å². The molecule has 28 heavy (non-hydrogen) atoms. The van der Waals surface area contributed by atoms with E-state index in [4.69, 9.17) is 4.74 Å². The molecule has 1 fully saturated rings. The molecule has 2 aromatic carbocycles. The van der Waals surface area contributed by atoms with Crippen LogP contribution >= 0.6 is 0 Å². The lowest BCUT2D eigenvalue weighted by molar-refractivity contribution is -0.118. The smallest absolute Gasteiger partial charge is 0.262 e. The highest BCUT2D eigenvalue weighted by Gasteiger charge is 2.29. The first-order chi connectivity index (χ1) is 13.5. The number of benzene rings is 2. The quantitative estimate of drug-likeness (QED) is 0.686. The highest BCUT2D eigenvalue weighted by atomic mass is 16.5. The summed E-state index contributed by atoms with van der Waals surface area (Å²) in [6.45, 7) is 6.14. The van der Waals surface area contributed by atoms with Crippen LogP contribution in [0.25, 0.3) is 0 Å². The molecule has 5 heteroatoms. The van der Waals surface area contributed by atoms with Gasteiger partial charge in [0.25, 0.3) is 5.91 Å². The zero-order valence-corrected chi connectivity index (χ0v) is 16.7. The van der Waals surface area contributed by atoms with Gasteiger partial charge in [0.2, 0.25) is 5.91 Å². The van der Waals surface area contributed by atoms with Crippen molar-refractivity contribution >= 4 is 23.2 Å². The standard InChI is InChI=1S/C23H28N2O3/c1-4-15(2)19-7-5-6-8-21(19)28-14-22(26)24-18-12-9-16(3)20(13-18)25-23(27)17-10-11-17/h5-9,12-13,15,17H,4,10-11,14H2,1-3H3,(H,24,26)(H,25,27). The zero-order chi connectivity index (χ0) is 20.1. The number of hydrogen-bond acceptors (Lipinski definition) is 3. The second-order valence-electron chi connectivity index (χ2n) is 7.48. The van der Waals surface area contributed by atoms with Crippen LogP contribution in [-0.4, -0.2) is 18.4 Å². The number of rotatable bonds is 8. The number of carbonyl (C=O) groups excluding carboxylic acids is 2. The molecule has 2 aromatic rings. The molecule has 0 radical (unpaired) electrons. The molecular weight excluding hydrogens is 352 g/mol. The lowest BCUT2D eigenvalue weighted by Crippen LogP contribution is -2.21. The Morgan fingerprint density at radius 1 is 1.14 bits per heavy atom. The number of hydrogen-bond donors (Lipinski definition) is 2. The van der Waals surface area contributed by atoms with E-state index >= 15 is 0 Å². The molecule has 0 bridgehead atoms. The number of amides is 2. The summed E-state index contributed by atoms with van der Waals surface area (Å²) >= 11 is 0. The molecule has 1 aliphatic carbocycles. The summed E-state index contributed by atoms with van der Waals surface area (Å²) < 4.78 is 5.77. The summed E-state index contributed by atoms with van der Waals surface area (Å²) in [6, 6.07) is 13.3. The van der Waals surface area contributed by atoms with E-state index < -0.39 is 0 Å². The lowest BCUT2D eigenvalue weighted by atomic mass is 9.98. The van der Waals surface area contributed by atoms with Crippen molar-refractivity contribution in [1.82, 2.24) is 0 Å². The fraction of sp³-hybridized carbons (Fsp3) is 0.391. The molecular formula is C23H28N2O3. The molecule has 0 saturated heterocycles. The third kappa shape index (κ3) is 5.12. The van der Waals surface area contributed by atoms with Crippen LogP contribution in [0.2, 0.25) is 0 Å². The Morgan fingerprint density at radius 2 is 1.89 bits per heavy atom. The lowest BCUT2D eigenvalue weighted by Gasteiger charge is -2.16. The number of ether oxygens (including phenoxy) is 1. The van der Waals surface area contributed by atoms with Gasteiger partial charge >= 0.3 is 0 Å². The molecule has 0 spiro atoms. The maximum atomic E-state index is 12.3. The predicted molar refractivity (Wildman–Crippen MR) is 112 cm³/mol. The van der Waals surface area contributed by atoms with Crippen molar-refractivity contribution in [3.8, 4) is 5.75 Å². The summed E-state index contributed by atoms with van der Waals surface area (Å²) in [4.78, 5) is 24.4. The van der Waals surface area contributed by atoms with Crippen LogP contribution in [0.15, 0.2) is 42.5 Å². The maximum absolute atomic E-state index is 12.3. The van der Waals surface area contributed by atoms with Crippen LogP contribution in [0, 0.1) is 12.8 Å². The minimum Gasteiger partial charge on any atom is -0.483 e. The van der Waals surface area contributed by atoms with Crippen LogP contribution < -0.4 is 15.4 Å². The van der Waals surface area contributed by atoms with Gasteiger partial charge in [-0.15, -0.1) is 0 Å². The molecule has 5 nitrogen and oxygen atoms in total. The molecule has 0 heterocycles. The third-order valence-corrected chi connectivity index (χ3v) is 5.15. The zero-order valence-electron chi connectivity index (χ0n) is 16.7. The highest BCUT2D eigenvalue weighted by molar-refractivity contribution is 5.96. The van der Waals surface area contributed by atoms with Crippen molar-refractivity contribution in [2.45, 2.75) is 46.0 Å². The van der Waals surface area contributed by atoms with Crippen molar-refractivity contribution < 1.29 is 14.3 Å². The van der Waals surface area contributed by atoms with E-state index in [0.717, 1.165) is 41.8 Å². The van der Waals surface area contributed by atoms with E-state index in [0.29, 0.717) is 11.6 Å². The average molecular weight is 380 g/mol. The highest BCUT2D eigenvalue weighted by Crippen LogP contribution is 2.31. The van der Waals surface area contributed by atoms with Crippen LogP contribution in [0.4, 0.5) is 11.4 Å². The topological polar surface area (TPSA) is 67.4 Å². The minimum atomic E-state index is -0.234. The molecule has 1 atom stereocenters. The fourth-order valence-corrected chi connectivity index (χ4v) is 2.99. The van der Waals surface area contributed by atoms with Crippen LogP contribution in [0.3, 0.4) is 0 Å². The van der Waals surface area contributed by atoms with Crippen LogP contribution in [0.1, 0.15) is 50.2 Å². The second kappa shape index (κ2) is 8.91. The Kier molecular flexibility index (Phi) is 6.34. The Morgan fingerprint density at radius 3 is 2.61 bits per heavy atom. The largest absolute Gasteiger partial charge is 0.483 e. The molecule has 1 aliphatic rings. The summed E-state index contributed by atoms with van der Waals surface area (Å²) in [5, 5.41) is 5.79. The average Bonchev–Trinajstić information content (AvgIpc) is 3.54. The maximum Gasteiger partial charge on any atom is 0.262 e. The summed E-state index contributed by atoms with van der Waals surface area (Å²) in [5.74, 6) is 1.07. The molecule has 1 saturated carbocycles. The fourth-order valence-electron chi connectivity index (χ4n) is 2.99. The third-order valence-electron chi connectivity index (χ3n) is 5.15. The number of para-hydroxylation sites is 1. The number of aryl methyl sites for hydroxylation is 1. The molecule has 2 amide bonds. The number of anilines is 2. The Balaban J connectivity index is 1.60. The first-order valence-electron chi connectivity index (χ1n) is 9.91. The SMILES string of the molecule is CCC(C)c1ccccc1OCC(=O)Nc1ccc(C)c(NC(=O)C2CC2)c1. The van der Waals surface area contributed by atoms with Crippen molar-refractivity contribution in [2.24, 2.45) is 5.92 Å². The van der Waals surface area contributed by atoms with E-state index in [2.05, 4.69) is 24.5 Å². The van der Waals surface area contributed by atoms with E-state index in [1.807, 2.05) is 43.3 Å². The molecule has 1 unspecified atom stereocenters. The number of nitrogens with one attached hydrogen (secondary N) is 2. The Bertz CT molecular complexity index is 859. The van der Waals surface area contributed by atoms with Crippen LogP contribution in [0.5, 0.6) is 5.75 Å². The molecule has 2 N–H and O–H groups in total. The Labute approximate surface area is 166 Å². The van der Waals surface area contributed by atoms with E-state index in [1.165, 1.54) is 0 Å².